The van der Waals surface area contributed by atoms with Crippen LogP contribution in [0.15, 0.2) is 30.3 Å². The van der Waals surface area contributed by atoms with Crippen molar-refractivity contribution in [3.05, 3.63) is 35.9 Å². The molecule has 1 rings (SSSR count). The summed E-state index contributed by atoms with van der Waals surface area (Å²) >= 11 is 0. The van der Waals surface area contributed by atoms with Gasteiger partial charge in [-0.2, -0.15) is 0 Å². The average Bonchev–Trinajstić information content (AvgIpc) is 2.15. The van der Waals surface area contributed by atoms with E-state index in [1.807, 2.05) is 37.3 Å². The van der Waals surface area contributed by atoms with Gasteiger partial charge in [-0.3, -0.25) is 0 Å². The first-order valence-electron chi connectivity index (χ1n) is 4.88. The zero-order valence-electron chi connectivity index (χ0n) is 8.94. The topological polar surface area (TPSA) is 40.5 Å². The van der Waals surface area contributed by atoms with Gasteiger partial charge in [-0.1, -0.05) is 37.3 Å². The second-order valence-corrected chi connectivity index (χ2v) is 4.30. The molecule has 0 radical (unpaired) electrons. The molecule has 0 amide bonds. The van der Waals surface area contributed by atoms with Gasteiger partial charge in [0, 0.05) is 5.92 Å². The maximum Gasteiger partial charge on any atom is 0.0842 e. The molecule has 2 heteroatoms. The molecular formula is C12H18O2. The summed E-state index contributed by atoms with van der Waals surface area (Å²) in [5.74, 6) is -0.190. The maximum absolute atomic E-state index is 9.96. The highest BCUT2D eigenvalue weighted by molar-refractivity contribution is 5.18. The van der Waals surface area contributed by atoms with Crippen LogP contribution in [0.2, 0.25) is 0 Å². The van der Waals surface area contributed by atoms with Gasteiger partial charge in [0.2, 0.25) is 0 Å². The van der Waals surface area contributed by atoms with E-state index in [0.29, 0.717) is 0 Å². The van der Waals surface area contributed by atoms with Crippen molar-refractivity contribution in [1.82, 2.24) is 0 Å². The molecule has 0 unspecified atom stereocenters. The van der Waals surface area contributed by atoms with Gasteiger partial charge in [-0.15, -0.1) is 0 Å². The lowest BCUT2D eigenvalue weighted by molar-refractivity contribution is -0.0390. The first kappa shape index (κ1) is 11.2. The van der Waals surface area contributed by atoms with Crippen molar-refractivity contribution in [3.63, 3.8) is 0 Å². The summed E-state index contributed by atoms with van der Waals surface area (Å²) in [6.45, 7) is 5.27. The Labute approximate surface area is 85.2 Å². The molecule has 0 fully saturated rings. The first-order valence-corrected chi connectivity index (χ1v) is 4.88. The van der Waals surface area contributed by atoms with Gasteiger partial charge in [0.1, 0.15) is 0 Å². The Bertz CT molecular complexity index is 274. The lowest BCUT2D eigenvalue weighted by atomic mass is 9.85. The van der Waals surface area contributed by atoms with E-state index in [1.54, 1.807) is 13.8 Å². The lowest BCUT2D eigenvalue weighted by Gasteiger charge is -2.30. The zero-order valence-corrected chi connectivity index (χ0v) is 8.94. The molecule has 0 saturated carbocycles. The van der Waals surface area contributed by atoms with Crippen molar-refractivity contribution in [2.75, 3.05) is 0 Å². The van der Waals surface area contributed by atoms with Crippen molar-refractivity contribution in [2.45, 2.75) is 32.5 Å². The molecule has 78 valence electrons. The minimum atomic E-state index is -0.866. The summed E-state index contributed by atoms with van der Waals surface area (Å²) in [6, 6.07) is 9.41. The van der Waals surface area contributed by atoms with Crippen LogP contribution in [0.4, 0.5) is 0 Å². The van der Waals surface area contributed by atoms with E-state index in [2.05, 4.69) is 0 Å². The van der Waals surface area contributed by atoms with Crippen LogP contribution in [0.5, 0.6) is 0 Å². The van der Waals surface area contributed by atoms with Crippen molar-refractivity contribution in [2.24, 2.45) is 5.92 Å². The fourth-order valence-electron chi connectivity index (χ4n) is 1.33. The van der Waals surface area contributed by atoms with E-state index in [4.69, 9.17) is 0 Å². The molecule has 14 heavy (non-hydrogen) atoms. The molecule has 0 heterocycles. The second kappa shape index (κ2) is 4.11. The van der Waals surface area contributed by atoms with Crippen molar-refractivity contribution in [1.29, 1.82) is 0 Å². The zero-order chi connectivity index (χ0) is 10.8. The van der Waals surface area contributed by atoms with E-state index in [-0.39, 0.29) is 5.92 Å². The SMILES string of the molecule is C[C@H]([C@@H](O)c1ccccc1)C(C)(C)O. The molecule has 0 bridgehead atoms. The lowest BCUT2D eigenvalue weighted by Crippen LogP contribution is -2.33. The predicted molar refractivity (Wildman–Crippen MR) is 56.9 cm³/mol. The summed E-state index contributed by atoms with van der Waals surface area (Å²) in [5, 5.41) is 19.7. The quantitative estimate of drug-likeness (QED) is 0.773. The minimum Gasteiger partial charge on any atom is -0.390 e. The number of benzene rings is 1. The number of rotatable bonds is 3. The molecule has 0 aliphatic rings. The summed E-state index contributed by atoms with van der Waals surface area (Å²) in [6.07, 6.45) is -0.615. The number of aliphatic hydroxyl groups excluding tert-OH is 1. The van der Waals surface area contributed by atoms with Gasteiger partial charge in [-0.05, 0) is 19.4 Å². The normalized spacial score (nSPS) is 16.4. The Hall–Kier alpha value is -0.860. The molecule has 1 aromatic carbocycles. The van der Waals surface area contributed by atoms with Gasteiger partial charge in [-0.25, -0.2) is 0 Å². The number of hydrogen-bond donors (Lipinski definition) is 2. The molecule has 0 saturated heterocycles. The highest BCUT2D eigenvalue weighted by Crippen LogP contribution is 2.29. The smallest absolute Gasteiger partial charge is 0.0842 e. The van der Waals surface area contributed by atoms with E-state index in [9.17, 15) is 10.2 Å². The Morgan fingerprint density at radius 3 is 2.07 bits per heavy atom. The van der Waals surface area contributed by atoms with E-state index >= 15 is 0 Å². The highest BCUT2D eigenvalue weighted by atomic mass is 16.3. The van der Waals surface area contributed by atoms with Crippen molar-refractivity contribution < 1.29 is 10.2 Å². The summed E-state index contributed by atoms with van der Waals surface area (Å²) in [7, 11) is 0. The van der Waals surface area contributed by atoms with Crippen LogP contribution in [-0.2, 0) is 0 Å². The molecule has 0 aromatic heterocycles. The summed E-state index contributed by atoms with van der Waals surface area (Å²) in [5.41, 5.74) is -0.0166. The van der Waals surface area contributed by atoms with E-state index in [0.717, 1.165) is 5.56 Å². The van der Waals surface area contributed by atoms with Crippen LogP contribution in [0.25, 0.3) is 0 Å². The Morgan fingerprint density at radius 2 is 1.64 bits per heavy atom. The van der Waals surface area contributed by atoms with Crippen LogP contribution in [0.3, 0.4) is 0 Å². The van der Waals surface area contributed by atoms with Crippen LogP contribution in [-0.4, -0.2) is 15.8 Å². The predicted octanol–water partition coefficient (Wildman–Crippen LogP) is 2.13. The summed E-state index contributed by atoms with van der Waals surface area (Å²) in [4.78, 5) is 0. The fourth-order valence-corrected chi connectivity index (χ4v) is 1.33. The van der Waals surface area contributed by atoms with Crippen LogP contribution in [0, 0.1) is 5.92 Å². The molecule has 2 atom stereocenters. The van der Waals surface area contributed by atoms with Crippen LogP contribution < -0.4 is 0 Å². The second-order valence-electron chi connectivity index (χ2n) is 4.30. The maximum atomic E-state index is 9.96. The largest absolute Gasteiger partial charge is 0.390 e. The molecule has 0 spiro atoms. The van der Waals surface area contributed by atoms with Gasteiger partial charge in [0.05, 0.1) is 11.7 Å². The summed E-state index contributed by atoms with van der Waals surface area (Å²) < 4.78 is 0. The van der Waals surface area contributed by atoms with Gasteiger partial charge < -0.3 is 10.2 Å². The molecule has 1 aromatic rings. The highest BCUT2D eigenvalue weighted by Gasteiger charge is 2.29. The van der Waals surface area contributed by atoms with Gasteiger partial charge >= 0.3 is 0 Å². The third-order valence-corrected chi connectivity index (χ3v) is 2.73. The first-order chi connectivity index (χ1) is 6.43. The monoisotopic (exact) mass is 194 g/mol. The van der Waals surface area contributed by atoms with Gasteiger partial charge in [0.15, 0.2) is 0 Å². The van der Waals surface area contributed by atoms with Crippen molar-refractivity contribution in [3.8, 4) is 0 Å². The molecule has 2 N–H and O–H groups in total. The molecule has 0 aliphatic carbocycles. The third kappa shape index (κ3) is 2.56. The number of aliphatic hydroxyl groups is 2. The molecule has 0 aliphatic heterocycles. The fraction of sp³-hybridized carbons (Fsp3) is 0.500. The number of hydrogen-bond acceptors (Lipinski definition) is 2. The average molecular weight is 194 g/mol. The van der Waals surface area contributed by atoms with Crippen LogP contribution in [0.1, 0.15) is 32.4 Å². The van der Waals surface area contributed by atoms with Crippen LogP contribution >= 0.6 is 0 Å². The standard InChI is InChI=1S/C12H18O2/c1-9(12(2,3)14)11(13)10-7-5-4-6-8-10/h4-9,11,13-14H,1-3H3/t9-,11-/m1/s1. The van der Waals surface area contributed by atoms with Crippen molar-refractivity contribution >= 4 is 0 Å². The van der Waals surface area contributed by atoms with E-state index in [1.165, 1.54) is 0 Å². The van der Waals surface area contributed by atoms with Gasteiger partial charge in [0.25, 0.3) is 0 Å². The Balaban J connectivity index is 2.81. The molecular weight excluding hydrogens is 176 g/mol. The van der Waals surface area contributed by atoms with E-state index < -0.39 is 11.7 Å². The Kier molecular flexibility index (Phi) is 3.29. The Morgan fingerprint density at radius 1 is 1.14 bits per heavy atom. The molecule has 2 nitrogen and oxygen atoms in total. The minimum absolute atomic E-state index is 0.190. The third-order valence-electron chi connectivity index (χ3n) is 2.73.